The first kappa shape index (κ1) is 11.3. The Morgan fingerprint density at radius 3 is 1.20 bits per heavy atom. The Labute approximate surface area is 69.4 Å². The van der Waals surface area contributed by atoms with Crippen molar-refractivity contribution in [3.05, 3.63) is 0 Å². The minimum Gasteiger partial charge on any atom is -0.109 e. The molecule has 0 rings (SSSR count). The molecule has 0 nitrogen and oxygen atoms in total. The lowest BCUT2D eigenvalue weighted by atomic mass is 11.8. The monoisotopic (exact) mass is 196 g/mol. The fraction of sp³-hybridized carbons (Fsp3) is 1.00. The molecule has 0 heterocycles. The third-order valence-corrected chi connectivity index (χ3v) is 9.44. The summed E-state index contributed by atoms with van der Waals surface area (Å²) in [7, 11) is 1.14. The van der Waals surface area contributed by atoms with Gasteiger partial charge in [-0.2, -0.15) is 0 Å². The van der Waals surface area contributed by atoms with Crippen LogP contribution in [0.25, 0.3) is 0 Å². The van der Waals surface area contributed by atoms with Gasteiger partial charge in [0.25, 0.3) is 0 Å². The summed E-state index contributed by atoms with van der Waals surface area (Å²) in [5.41, 5.74) is 0. The number of hydrogen-bond donors (Lipinski definition) is 0. The maximum Gasteiger partial charge on any atom is -0.0125 e. The fourth-order valence-corrected chi connectivity index (χ4v) is 9.90. The summed E-state index contributed by atoms with van der Waals surface area (Å²) >= 11 is 0. The Hall–Kier alpha value is 1.29. The normalized spacial score (nSPS) is 12.0. The fourth-order valence-electron chi connectivity index (χ4n) is 1.01. The second-order valence-corrected chi connectivity index (χ2v) is 11.6. The maximum absolute atomic E-state index is 2.46. The van der Waals surface area contributed by atoms with Crippen molar-refractivity contribution in [2.24, 2.45) is 0 Å². The van der Waals surface area contributed by atoms with Gasteiger partial charge in [0.15, 0.2) is 0 Å². The molecule has 0 aliphatic carbocycles. The molecule has 0 aromatic rings. The molecule has 3 heteroatoms. The highest BCUT2D eigenvalue weighted by Crippen LogP contribution is 2.50. The van der Waals surface area contributed by atoms with Gasteiger partial charge in [-0.05, 0) is 45.1 Å². The zero-order valence-corrected chi connectivity index (χ0v) is 10.4. The van der Waals surface area contributed by atoms with E-state index in [2.05, 4.69) is 33.3 Å². The highest BCUT2D eigenvalue weighted by atomic mass is 31.2. The third kappa shape index (κ3) is 7.40. The van der Waals surface area contributed by atoms with Crippen molar-refractivity contribution >= 4 is 23.8 Å². The molecule has 0 aromatic carbocycles. The standard InChI is InChI=1S/C7H19P3/c1-8(2)6-10(5)7-9(3)4/h6-7H2,1-5H3. The SMILES string of the molecule is CP(C)CP(C)CP(C)C. The van der Waals surface area contributed by atoms with Gasteiger partial charge in [-0.1, -0.05) is 0 Å². The van der Waals surface area contributed by atoms with Gasteiger partial charge >= 0.3 is 0 Å². The van der Waals surface area contributed by atoms with Crippen LogP contribution in [0.5, 0.6) is 0 Å². The van der Waals surface area contributed by atoms with E-state index in [0.717, 1.165) is 0 Å². The van der Waals surface area contributed by atoms with E-state index in [1.54, 1.807) is 0 Å². The van der Waals surface area contributed by atoms with Gasteiger partial charge in [0.05, 0.1) is 0 Å². The van der Waals surface area contributed by atoms with Crippen LogP contribution in [-0.2, 0) is 0 Å². The highest BCUT2D eigenvalue weighted by molar-refractivity contribution is 7.80. The first-order valence-corrected chi connectivity index (χ1v) is 10.5. The van der Waals surface area contributed by atoms with Crippen molar-refractivity contribution in [2.75, 3.05) is 45.1 Å². The lowest BCUT2D eigenvalue weighted by Gasteiger charge is -2.16. The number of hydrogen-bond acceptors (Lipinski definition) is 0. The van der Waals surface area contributed by atoms with Crippen molar-refractivity contribution in [3.8, 4) is 0 Å². The largest absolute Gasteiger partial charge is 0.109 e. The predicted octanol–water partition coefficient (Wildman–Crippen LogP) is 3.50. The molecule has 0 aliphatic heterocycles. The van der Waals surface area contributed by atoms with Crippen LogP contribution in [0, 0.1) is 0 Å². The topological polar surface area (TPSA) is 0 Å². The van der Waals surface area contributed by atoms with Gasteiger partial charge in [-0.25, -0.2) is 0 Å². The van der Waals surface area contributed by atoms with Crippen LogP contribution in [0.2, 0.25) is 0 Å². The summed E-state index contributed by atoms with van der Waals surface area (Å²) < 4.78 is 0. The van der Waals surface area contributed by atoms with Crippen molar-refractivity contribution in [1.82, 2.24) is 0 Å². The molecule has 62 valence electrons. The average Bonchev–Trinajstić information content (AvgIpc) is 1.58. The molecule has 0 saturated heterocycles. The smallest absolute Gasteiger partial charge is 0.0125 e. The lowest BCUT2D eigenvalue weighted by Crippen LogP contribution is -1.84. The minimum absolute atomic E-state index is 0.369. The van der Waals surface area contributed by atoms with Crippen LogP contribution in [0.1, 0.15) is 0 Å². The van der Waals surface area contributed by atoms with Gasteiger partial charge in [0, 0.05) is 0 Å². The van der Waals surface area contributed by atoms with Crippen molar-refractivity contribution < 1.29 is 0 Å². The summed E-state index contributed by atoms with van der Waals surface area (Å²) in [4.78, 5) is 0. The Morgan fingerprint density at radius 2 is 1.00 bits per heavy atom. The first-order valence-electron chi connectivity index (χ1n) is 3.50. The van der Waals surface area contributed by atoms with Crippen LogP contribution >= 0.6 is 23.8 Å². The van der Waals surface area contributed by atoms with Crippen LogP contribution in [0.3, 0.4) is 0 Å². The first-order chi connectivity index (χ1) is 4.52. The summed E-state index contributed by atoms with van der Waals surface area (Å²) in [5, 5.41) is 0. The van der Waals surface area contributed by atoms with Gasteiger partial charge in [-0.15, -0.1) is 23.8 Å². The summed E-state index contributed by atoms with van der Waals surface area (Å²) in [6, 6.07) is 0. The van der Waals surface area contributed by atoms with E-state index < -0.39 is 0 Å². The Bertz CT molecular complexity index is 70.9. The molecular weight excluding hydrogens is 177 g/mol. The maximum atomic E-state index is 2.46. The van der Waals surface area contributed by atoms with Crippen LogP contribution in [-0.4, -0.2) is 45.1 Å². The quantitative estimate of drug-likeness (QED) is 0.603. The number of rotatable bonds is 4. The second-order valence-electron chi connectivity index (χ2n) is 3.30. The van der Waals surface area contributed by atoms with E-state index in [-0.39, 0.29) is 0 Å². The Balaban J connectivity index is 3.34. The molecule has 0 spiro atoms. The van der Waals surface area contributed by atoms with E-state index in [0.29, 0.717) is 23.8 Å². The molecule has 0 aromatic heterocycles. The molecule has 0 aliphatic rings. The van der Waals surface area contributed by atoms with E-state index in [1.807, 2.05) is 0 Å². The van der Waals surface area contributed by atoms with Gasteiger partial charge in [-0.3, -0.25) is 0 Å². The minimum atomic E-state index is 0.369. The van der Waals surface area contributed by atoms with Crippen LogP contribution in [0.4, 0.5) is 0 Å². The Kier molecular flexibility index (Phi) is 6.64. The van der Waals surface area contributed by atoms with E-state index >= 15 is 0 Å². The average molecular weight is 196 g/mol. The molecule has 0 bridgehead atoms. The summed E-state index contributed by atoms with van der Waals surface area (Å²) in [6.07, 6.45) is 0. The van der Waals surface area contributed by atoms with Gasteiger partial charge in [0.2, 0.25) is 0 Å². The van der Waals surface area contributed by atoms with E-state index in [4.69, 9.17) is 0 Å². The van der Waals surface area contributed by atoms with Gasteiger partial charge < -0.3 is 0 Å². The predicted molar refractivity (Wildman–Crippen MR) is 60.1 cm³/mol. The molecule has 0 amide bonds. The molecule has 0 saturated carbocycles. The summed E-state index contributed by atoms with van der Waals surface area (Å²) in [6.45, 7) is 12.0. The third-order valence-electron chi connectivity index (χ3n) is 1.05. The Morgan fingerprint density at radius 1 is 0.700 bits per heavy atom. The zero-order chi connectivity index (χ0) is 8.15. The molecular formula is C7H19P3. The van der Waals surface area contributed by atoms with Crippen LogP contribution < -0.4 is 0 Å². The molecule has 0 atom stereocenters. The van der Waals surface area contributed by atoms with Crippen molar-refractivity contribution in [1.29, 1.82) is 0 Å². The van der Waals surface area contributed by atoms with Crippen LogP contribution in [0.15, 0.2) is 0 Å². The molecule has 10 heavy (non-hydrogen) atoms. The molecule has 0 N–H and O–H groups in total. The summed E-state index contributed by atoms with van der Waals surface area (Å²) in [5.74, 6) is 3.07. The molecule has 0 radical (unpaired) electrons. The molecule has 0 fully saturated rings. The van der Waals surface area contributed by atoms with Crippen molar-refractivity contribution in [3.63, 3.8) is 0 Å². The van der Waals surface area contributed by atoms with E-state index in [9.17, 15) is 0 Å². The zero-order valence-electron chi connectivity index (χ0n) is 7.76. The van der Waals surface area contributed by atoms with Crippen molar-refractivity contribution in [2.45, 2.75) is 0 Å². The second kappa shape index (κ2) is 5.88. The van der Waals surface area contributed by atoms with E-state index in [1.165, 1.54) is 11.8 Å². The van der Waals surface area contributed by atoms with Gasteiger partial charge in [0.1, 0.15) is 0 Å². The highest BCUT2D eigenvalue weighted by Gasteiger charge is 2.04. The molecule has 0 unspecified atom stereocenters. The lowest BCUT2D eigenvalue weighted by molar-refractivity contribution is 1.88.